The quantitative estimate of drug-likeness (QED) is 0.928. The van der Waals surface area contributed by atoms with Gasteiger partial charge in [0.15, 0.2) is 0 Å². The van der Waals surface area contributed by atoms with Crippen molar-refractivity contribution in [2.45, 2.75) is 32.1 Å². The summed E-state index contributed by atoms with van der Waals surface area (Å²) in [5.74, 6) is 1.02. The van der Waals surface area contributed by atoms with Gasteiger partial charge >= 0.3 is 6.01 Å². The number of carbonyl (C=O) groups excluding carboxylic acids is 1. The first kappa shape index (κ1) is 12.8. The van der Waals surface area contributed by atoms with Crippen LogP contribution >= 0.6 is 0 Å². The first-order chi connectivity index (χ1) is 9.81. The molecule has 5 heteroatoms. The molecular formula is C15H17N3O2. The number of benzene rings is 1. The van der Waals surface area contributed by atoms with Crippen LogP contribution in [0.5, 0.6) is 0 Å². The molecule has 2 aromatic rings. The Morgan fingerprint density at radius 3 is 2.70 bits per heavy atom. The van der Waals surface area contributed by atoms with Crippen molar-refractivity contribution in [3.8, 4) is 0 Å². The van der Waals surface area contributed by atoms with E-state index in [1.165, 1.54) is 25.7 Å². The number of nitrogens with one attached hydrogen (secondary N) is 1. The number of hydrogen-bond donors (Lipinski definition) is 1. The second kappa shape index (κ2) is 5.86. The molecule has 0 aliphatic heterocycles. The van der Waals surface area contributed by atoms with E-state index in [-0.39, 0.29) is 11.9 Å². The van der Waals surface area contributed by atoms with Gasteiger partial charge in [-0.1, -0.05) is 36.1 Å². The molecule has 1 aliphatic rings. The molecule has 104 valence electrons. The lowest BCUT2D eigenvalue weighted by molar-refractivity contribution is 0.102. The highest BCUT2D eigenvalue weighted by atomic mass is 16.4. The number of aromatic nitrogens is 2. The molecule has 0 atom stereocenters. The zero-order chi connectivity index (χ0) is 13.8. The standard InChI is InChI=1S/C15H17N3O2/c19-14(12-8-2-1-3-9-12)16-15-18-17-13(20-15)10-11-6-4-5-7-11/h1-3,8-9,11H,4-7,10H2,(H,16,18,19). The van der Waals surface area contributed by atoms with Crippen molar-refractivity contribution in [1.29, 1.82) is 0 Å². The molecule has 1 aromatic carbocycles. The average molecular weight is 271 g/mol. The fraction of sp³-hybridized carbons (Fsp3) is 0.400. The molecule has 1 amide bonds. The van der Waals surface area contributed by atoms with Crippen LogP contribution < -0.4 is 5.32 Å². The third kappa shape index (κ3) is 3.04. The summed E-state index contributed by atoms with van der Waals surface area (Å²) in [6.45, 7) is 0. The van der Waals surface area contributed by atoms with Crippen LogP contribution in [-0.2, 0) is 6.42 Å². The minimum absolute atomic E-state index is 0.173. The van der Waals surface area contributed by atoms with Crippen molar-refractivity contribution < 1.29 is 9.21 Å². The SMILES string of the molecule is O=C(Nc1nnc(CC2CCCC2)o1)c1ccccc1. The van der Waals surface area contributed by atoms with Crippen molar-refractivity contribution in [2.75, 3.05) is 5.32 Å². The molecule has 3 rings (SSSR count). The Labute approximate surface area is 117 Å². The van der Waals surface area contributed by atoms with Gasteiger partial charge in [-0.15, -0.1) is 5.10 Å². The lowest BCUT2D eigenvalue weighted by Gasteiger charge is -2.03. The number of nitrogens with zero attached hydrogens (tertiary/aromatic N) is 2. The molecule has 0 unspecified atom stereocenters. The number of rotatable bonds is 4. The van der Waals surface area contributed by atoms with Gasteiger partial charge < -0.3 is 4.42 Å². The molecule has 1 N–H and O–H groups in total. The number of anilines is 1. The Morgan fingerprint density at radius 2 is 1.95 bits per heavy atom. The van der Waals surface area contributed by atoms with E-state index in [1.54, 1.807) is 12.1 Å². The van der Waals surface area contributed by atoms with Crippen LogP contribution in [0.15, 0.2) is 34.7 Å². The summed E-state index contributed by atoms with van der Waals surface area (Å²) >= 11 is 0. The smallest absolute Gasteiger partial charge is 0.322 e. The summed E-state index contributed by atoms with van der Waals surface area (Å²) in [4.78, 5) is 11.9. The van der Waals surface area contributed by atoms with Crippen LogP contribution in [-0.4, -0.2) is 16.1 Å². The van der Waals surface area contributed by atoms with Crippen molar-refractivity contribution in [1.82, 2.24) is 10.2 Å². The highest BCUT2D eigenvalue weighted by Gasteiger charge is 2.19. The van der Waals surface area contributed by atoms with Gasteiger partial charge in [-0.05, 0) is 30.9 Å². The fourth-order valence-electron chi connectivity index (χ4n) is 2.61. The van der Waals surface area contributed by atoms with E-state index in [0.29, 0.717) is 17.4 Å². The molecule has 1 aliphatic carbocycles. The number of carbonyl (C=O) groups is 1. The van der Waals surface area contributed by atoms with Gasteiger partial charge in [0.1, 0.15) is 0 Å². The second-order valence-corrected chi connectivity index (χ2v) is 5.18. The second-order valence-electron chi connectivity index (χ2n) is 5.18. The summed E-state index contributed by atoms with van der Waals surface area (Å²) in [5.41, 5.74) is 0.572. The number of hydrogen-bond acceptors (Lipinski definition) is 4. The van der Waals surface area contributed by atoms with E-state index < -0.39 is 0 Å². The molecular weight excluding hydrogens is 254 g/mol. The molecule has 1 fully saturated rings. The van der Waals surface area contributed by atoms with Crippen molar-refractivity contribution in [3.05, 3.63) is 41.8 Å². The van der Waals surface area contributed by atoms with Gasteiger partial charge in [0.25, 0.3) is 5.91 Å². The minimum atomic E-state index is -0.235. The van der Waals surface area contributed by atoms with Crippen LogP contribution in [0.4, 0.5) is 6.01 Å². The first-order valence-corrected chi connectivity index (χ1v) is 7.00. The molecule has 0 radical (unpaired) electrons. The van der Waals surface area contributed by atoms with Crippen molar-refractivity contribution in [2.24, 2.45) is 5.92 Å². The summed E-state index contributed by atoms with van der Waals surface area (Å²) in [5, 5.41) is 10.5. The number of amides is 1. The Morgan fingerprint density at radius 1 is 1.20 bits per heavy atom. The molecule has 0 spiro atoms. The van der Waals surface area contributed by atoms with E-state index in [1.807, 2.05) is 18.2 Å². The lowest BCUT2D eigenvalue weighted by Crippen LogP contribution is -2.11. The zero-order valence-electron chi connectivity index (χ0n) is 11.2. The predicted molar refractivity (Wildman–Crippen MR) is 74.4 cm³/mol. The van der Waals surface area contributed by atoms with E-state index in [2.05, 4.69) is 15.5 Å². The van der Waals surface area contributed by atoms with Gasteiger partial charge in [0, 0.05) is 12.0 Å². The molecule has 5 nitrogen and oxygen atoms in total. The average Bonchev–Trinajstić information content (AvgIpc) is 3.12. The Bertz CT molecular complexity index is 574. The van der Waals surface area contributed by atoms with Crippen LogP contribution in [0.3, 0.4) is 0 Å². The van der Waals surface area contributed by atoms with E-state index in [0.717, 1.165) is 6.42 Å². The lowest BCUT2D eigenvalue weighted by atomic mass is 10.0. The third-order valence-electron chi connectivity index (χ3n) is 3.66. The van der Waals surface area contributed by atoms with E-state index in [9.17, 15) is 4.79 Å². The van der Waals surface area contributed by atoms with Gasteiger partial charge in [0.05, 0.1) is 0 Å². The van der Waals surface area contributed by atoms with Crippen molar-refractivity contribution >= 4 is 11.9 Å². The topological polar surface area (TPSA) is 68.0 Å². The highest BCUT2D eigenvalue weighted by molar-refractivity contribution is 6.02. The van der Waals surface area contributed by atoms with Gasteiger partial charge in [-0.2, -0.15) is 0 Å². The van der Waals surface area contributed by atoms with E-state index in [4.69, 9.17) is 4.42 Å². The van der Waals surface area contributed by atoms with E-state index >= 15 is 0 Å². The van der Waals surface area contributed by atoms with Crippen LogP contribution in [0, 0.1) is 5.92 Å². The molecule has 0 saturated heterocycles. The highest BCUT2D eigenvalue weighted by Crippen LogP contribution is 2.27. The van der Waals surface area contributed by atoms with Crippen LogP contribution in [0.1, 0.15) is 41.9 Å². The van der Waals surface area contributed by atoms with Gasteiger partial charge in [-0.25, -0.2) is 0 Å². The molecule has 0 bridgehead atoms. The molecule has 1 aromatic heterocycles. The summed E-state index contributed by atoms with van der Waals surface area (Å²) in [7, 11) is 0. The zero-order valence-corrected chi connectivity index (χ0v) is 11.2. The minimum Gasteiger partial charge on any atom is -0.408 e. The largest absolute Gasteiger partial charge is 0.408 e. The Balaban J connectivity index is 1.60. The van der Waals surface area contributed by atoms with Gasteiger partial charge in [0.2, 0.25) is 5.89 Å². The summed E-state index contributed by atoms with van der Waals surface area (Å²) < 4.78 is 5.48. The molecule has 1 heterocycles. The normalized spacial score (nSPS) is 15.4. The monoisotopic (exact) mass is 271 g/mol. The van der Waals surface area contributed by atoms with Crippen LogP contribution in [0.25, 0.3) is 0 Å². The Kier molecular flexibility index (Phi) is 3.76. The fourth-order valence-corrected chi connectivity index (χ4v) is 2.61. The summed E-state index contributed by atoms with van der Waals surface area (Å²) in [6.07, 6.45) is 5.85. The first-order valence-electron chi connectivity index (χ1n) is 7.00. The summed E-state index contributed by atoms with van der Waals surface area (Å²) in [6, 6.07) is 9.15. The van der Waals surface area contributed by atoms with Gasteiger partial charge in [-0.3, -0.25) is 10.1 Å². The molecule has 1 saturated carbocycles. The maximum absolute atomic E-state index is 11.9. The molecule has 20 heavy (non-hydrogen) atoms. The van der Waals surface area contributed by atoms with Crippen molar-refractivity contribution in [3.63, 3.8) is 0 Å². The predicted octanol–water partition coefficient (Wildman–Crippen LogP) is 3.05. The van der Waals surface area contributed by atoms with Crippen LogP contribution in [0.2, 0.25) is 0 Å². The Hall–Kier alpha value is -2.17. The third-order valence-corrected chi connectivity index (χ3v) is 3.66. The maximum Gasteiger partial charge on any atom is 0.322 e. The maximum atomic E-state index is 11.9.